The zero-order chi connectivity index (χ0) is 18.1. The Kier molecular flexibility index (Phi) is 10.7. The molecule has 0 atom stereocenters. The van der Waals surface area contributed by atoms with Crippen molar-refractivity contribution in [2.75, 3.05) is 43.5 Å². The lowest BCUT2D eigenvalue weighted by atomic mass is 9.93. The number of carbonyl (C=O) groups excluding carboxylic acids is 2. The number of hydrogen-bond acceptors (Lipinski definition) is 4. The summed E-state index contributed by atoms with van der Waals surface area (Å²) in [7, 11) is 1.98. The third-order valence-corrected chi connectivity index (χ3v) is 5.48. The van der Waals surface area contributed by atoms with Gasteiger partial charge in [0.15, 0.2) is 0 Å². The van der Waals surface area contributed by atoms with E-state index in [2.05, 4.69) is 10.6 Å². The van der Waals surface area contributed by atoms with Crippen LogP contribution < -0.4 is 10.6 Å². The van der Waals surface area contributed by atoms with E-state index in [1.165, 1.54) is 18.2 Å². The van der Waals surface area contributed by atoms with Gasteiger partial charge >= 0.3 is 0 Å². The van der Waals surface area contributed by atoms with E-state index in [4.69, 9.17) is 0 Å². The van der Waals surface area contributed by atoms with Gasteiger partial charge in [-0.05, 0) is 57.8 Å². The molecule has 1 aromatic rings. The number of benzene rings is 1. The van der Waals surface area contributed by atoms with Crippen LogP contribution in [0.1, 0.15) is 24.8 Å². The van der Waals surface area contributed by atoms with E-state index < -0.39 is 0 Å². The van der Waals surface area contributed by atoms with E-state index in [1.807, 2.05) is 43.1 Å². The molecular formula is C19H30ClN3O2S. The van der Waals surface area contributed by atoms with Crippen LogP contribution in [0, 0.1) is 12.8 Å². The number of thioether (sulfide) groups is 1. The molecule has 2 N–H and O–H groups in total. The SMILES string of the molecule is CNCCC1CCN(C(=O)CSCC(=O)Nc2ccc(C)cc2)CC1.Cl. The fourth-order valence-electron chi connectivity index (χ4n) is 2.98. The normalized spacial score (nSPS) is 14.6. The molecule has 1 saturated heterocycles. The first-order chi connectivity index (χ1) is 12.1. The van der Waals surface area contributed by atoms with Gasteiger partial charge < -0.3 is 15.5 Å². The Bertz CT molecular complexity index is 560. The van der Waals surface area contributed by atoms with Gasteiger partial charge in [0.2, 0.25) is 11.8 Å². The van der Waals surface area contributed by atoms with Crippen molar-refractivity contribution in [2.45, 2.75) is 26.2 Å². The molecule has 26 heavy (non-hydrogen) atoms. The molecule has 1 aliphatic rings. The maximum Gasteiger partial charge on any atom is 0.234 e. The summed E-state index contributed by atoms with van der Waals surface area (Å²) in [5.41, 5.74) is 1.96. The number of amides is 2. The molecule has 0 aromatic heterocycles. The summed E-state index contributed by atoms with van der Waals surface area (Å²) in [6, 6.07) is 7.71. The number of likely N-dealkylation sites (tertiary alicyclic amines) is 1. The second kappa shape index (κ2) is 12.2. The Hall–Kier alpha value is -1.24. The van der Waals surface area contributed by atoms with Crippen molar-refractivity contribution in [3.8, 4) is 0 Å². The van der Waals surface area contributed by atoms with Crippen LogP contribution in [0.2, 0.25) is 0 Å². The third-order valence-electron chi connectivity index (χ3n) is 4.56. The second-order valence-corrected chi connectivity index (χ2v) is 7.61. The van der Waals surface area contributed by atoms with Crippen LogP contribution in [0.4, 0.5) is 5.69 Å². The Balaban J connectivity index is 0.00000338. The Labute approximate surface area is 167 Å². The van der Waals surface area contributed by atoms with Crippen molar-refractivity contribution in [1.82, 2.24) is 10.2 Å². The van der Waals surface area contributed by atoms with Gasteiger partial charge in [0.1, 0.15) is 0 Å². The lowest BCUT2D eigenvalue weighted by Crippen LogP contribution is -2.40. The summed E-state index contributed by atoms with van der Waals surface area (Å²) in [4.78, 5) is 26.1. The van der Waals surface area contributed by atoms with E-state index in [0.717, 1.165) is 49.6 Å². The highest BCUT2D eigenvalue weighted by Crippen LogP contribution is 2.20. The molecule has 5 nitrogen and oxygen atoms in total. The highest BCUT2D eigenvalue weighted by molar-refractivity contribution is 8.00. The Morgan fingerprint density at radius 3 is 2.42 bits per heavy atom. The van der Waals surface area contributed by atoms with Crippen LogP contribution in [-0.4, -0.2) is 54.9 Å². The van der Waals surface area contributed by atoms with Crippen LogP contribution in [0.25, 0.3) is 0 Å². The average Bonchev–Trinajstić information content (AvgIpc) is 2.62. The maximum absolute atomic E-state index is 12.3. The summed E-state index contributed by atoms with van der Waals surface area (Å²) in [5, 5.41) is 6.04. The minimum atomic E-state index is -0.0626. The maximum atomic E-state index is 12.3. The van der Waals surface area contributed by atoms with Gasteiger partial charge in [-0.15, -0.1) is 24.2 Å². The number of aryl methyl sites for hydroxylation is 1. The van der Waals surface area contributed by atoms with Gasteiger partial charge in [-0.1, -0.05) is 17.7 Å². The molecule has 0 spiro atoms. The molecule has 0 aliphatic carbocycles. The van der Waals surface area contributed by atoms with Crippen LogP contribution >= 0.6 is 24.2 Å². The first kappa shape index (κ1) is 22.8. The van der Waals surface area contributed by atoms with Crippen LogP contribution in [0.15, 0.2) is 24.3 Å². The fourth-order valence-corrected chi connectivity index (χ4v) is 3.69. The first-order valence-corrected chi connectivity index (χ1v) is 10.1. The van der Waals surface area contributed by atoms with Crippen molar-refractivity contribution in [1.29, 1.82) is 0 Å². The number of rotatable bonds is 8. The van der Waals surface area contributed by atoms with Crippen LogP contribution in [0.3, 0.4) is 0 Å². The van der Waals surface area contributed by atoms with Crippen molar-refractivity contribution < 1.29 is 9.59 Å². The van der Waals surface area contributed by atoms with Gasteiger partial charge in [0.25, 0.3) is 0 Å². The summed E-state index contributed by atoms with van der Waals surface area (Å²) in [6.45, 7) is 4.76. The molecule has 1 aromatic carbocycles. The minimum Gasteiger partial charge on any atom is -0.342 e. The lowest BCUT2D eigenvalue weighted by Gasteiger charge is -2.32. The lowest BCUT2D eigenvalue weighted by molar-refractivity contribution is -0.129. The first-order valence-electron chi connectivity index (χ1n) is 8.95. The van der Waals surface area contributed by atoms with E-state index >= 15 is 0 Å². The number of piperidine rings is 1. The minimum absolute atomic E-state index is 0. The van der Waals surface area contributed by atoms with Crippen molar-refractivity contribution in [2.24, 2.45) is 5.92 Å². The quantitative estimate of drug-likeness (QED) is 0.705. The van der Waals surface area contributed by atoms with Gasteiger partial charge in [0, 0.05) is 18.8 Å². The molecule has 0 saturated carbocycles. The highest BCUT2D eigenvalue weighted by atomic mass is 35.5. The molecule has 1 aliphatic heterocycles. The molecule has 146 valence electrons. The average molecular weight is 400 g/mol. The topological polar surface area (TPSA) is 61.4 Å². The fraction of sp³-hybridized carbons (Fsp3) is 0.579. The molecule has 0 unspecified atom stereocenters. The molecule has 0 radical (unpaired) electrons. The highest BCUT2D eigenvalue weighted by Gasteiger charge is 2.22. The Morgan fingerprint density at radius 1 is 1.15 bits per heavy atom. The van der Waals surface area contributed by atoms with Crippen molar-refractivity contribution in [3.05, 3.63) is 29.8 Å². The van der Waals surface area contributed by atoms with Gasteiger partial charge in [0.05, 0.1) is 11.5 Å². The van der Waals surface area contributed by atoms with Crippen molar-refractivity contribution in [3.63, 3.8) is 0 Å². The molecule has 2 rings (SSSR count). The molecule has 1 fully saturated rings. The van der Waals surface area contributed by atoms with Crippen LogP contribution in [-0.2, 0) is 9.59 Å². The third kappa shape index (κ3) is 7.98. The number of nitrogens with zero attached hydrogens (tertiary/aromatic N) is 1. The van der Waals surface area contributed by atoms with Crippen molar-refractivity contribution >= 4 is 41.7 Å². The zero-order valence-electron chi connectivity index (χ0n) is 15.6. The van der Waals surface area contributed by atoms with Gasteiger partial charge in [-0.25, -0.2) is 0 Å². The largest absolute Gasteiger partial charge is 0.342 e. The zero-order valence-corrected chi connectivity index (χ0v) is 17.3. The Morgan fingerprint density at radius 2 is 1.81 bits per heavy atom. The summed E-state index contributed by atoms with van der Waals surface area (Å²) < 4.78 is 0. The number of halogens is 1. The smallest absolute Gasteiger partial charge is 0.234 e. The predicted octanol–water partition coefficient (Wildman–Crippen LogP) is 2.94. The monoisotopic (exact) mass is 399 g/mol. The summed E-state index contributed by atoms with van der Waals surface area (Å²) in [5.74, 6) is 1.50. The number of nitrogens with one attached hydrogen (secondary N) is 2. The van der Waals surface area contributed by atoms with E-state index in [1.54, 1.807) is 0 Å². The second-order valence-electron chi connectivity index (χ2n) is 6.62. The molecule has 7 heteroatoms. The van der Waals surface area contributed by atoms with Gasteiger partial charge in [-0.2, -0.15) is 0 Å². The van der Waals surface area contributed by atoms with E-state index in [-0.39, 0.29) is 24.2 Å². The summed E-state index contributed by atoms with van der Waals surface area (Å²) in [6.07, 6.45) is 3.37. The number of anilines is 1. The molecule has 1 heterocycles. The van der Waals surface area contributed by atoms with Gasteiger partial charge in [-0.3, -0.25) is 9.59 Å². The molecule has 2 amide bonds. The molecule has 0 bridgehead atoms. The number of hydrogen-bond donors (Lipinski definition) is 2. The predicted molar refractivity (Wildman–Crippen MR) is 112 cm³/mol. The van der Waals surface area contributed by atoms with E-state index in [9.17, 15) is 9.59 Å². The van der Waals surface area contributed by atoms with Crippen LogP contribution in [0.5, 0.6) is 0 Å². The molecular weight excluding hydrogens is 370 g/mol. The van der Waals surface area contributed by atoms with E-state index in [0.29, 0.717) is 11.5 Å². The summed E-state index contributed by atoms with van der Waals surface area (Å²) >= 11 is 1.39. The number of carbonyl (C=O) groups is 2. The standard InChI is InChI=1S/C19H29N3O2S.ClH/c1-15-3-5-17(6-4-15)21-18(23)13-25-14-19(24)22-11-8-16(9-12-22)7-10-20-2;/h3-6,16,20H,7-14H2,1-2H3,(H,21,23);1H.